The minimum absolute atomic E-state index is 0.0663. The molecule has 0 saturated carbocycles. The van der Waals surface area contributed by atoms with Crippen molar-refractivity contribution in [2.45, 2.75) is 37.5 Å². The molecular weight excluding hydrogens is 276 g/mol. The molecule has 0 nitrogen and oxygen atoms in total. The first-order valence-electron chi connectivity index (χ1n) is 8.64. The lowest BCUT2D eigenvalue weighted by Gasteiger charge is -2.46. The van der Waals surface area contributed by atoms with Crippen LogP contribution in [0.5, 0.6) is 0 Å². The van der Waals surface area contributed by atoms with E-state index in [-0.39, 0.29) is 10.8 Å². The van der Waals surface area contributed by atoms with E-state index in [1.165, 1.54) is 28.7 Å². The molecule has 0 aromatic heterocycles. The molecular formula is C23H24. The number of allylic oxidation sites excluding steroid dienone is 2. The van der Waals surface area contributed by atoms with Crippen molar-refractivity contribution in [1.82, 2.24) is 0 Å². The van der Waals surface area contributed by atoms with Gasteiger partial charge >= 0.3 is 0 Å². The summed E-state index contributed by atoms with van der Waals surface area (Å²) in [6, 6.07) is 17.9. The standard InChI is InChI=1S/C23H24/c1-3-14-22(16-19-10-5-6-11-20(19)17-22)23(4-2)15-13-18-9-7-8-12-21(18)23/h3-12H,1-2,13-17H2. The maximum atomic E-state index is 4.31. The van der Waals surface area contributed by atoms with E-state index >= 15 is 0 Å². The molecule has 116 valence electrons. The molecule has 2 aliphatic carbocycles. The number of hydrogen-bond donors (Lipinski definition) is 0. The van der Waals surface area contributed by atoms with Crippen molar-refractivity contribution in [2.24, 2.45) is 5.41 Å². The van der Waals surface area contributed by atoms with Gasteiger partial charge in [0.05, 0.1) is 0 Å². The highest BCUT2D eigenvalue weighted by molar-refractivity contribution is 5.49. The Kier molecular flexibility index (Phi) is 3.30. The van der Waals surface area contributed by atoms with Crippen LogP contribution in [-0.4, -0.2) is 0 Å². The van der Waals surface area contributed by atoms with Crippen molar-refractivity contribution in [3.8, 4) is 0 Å². The third-order valence-corrected chi connectivity index (χ3v) is 6.29. The van der Waals surface area contributed by atoms with Gasteiger partial charge in [-0.25, -0.2) is 0 Å². The van der Waals surface area contributed by atoms with Gasteiger partial charge in [-0.15, -0.1) is 13.2 Å². The molecule has 0 bridgehead atoms. The lowest BCUT2D eigenvalue weighted by molar-refractivity contribution is 0.170. The van der Waals surface area contributed by atoms with Gasteiger partial charge < -0.3 is 0 Å². The van der Waals surface area contributed by atoms with E-state index in [1.54, 1.807) is 0 Å². The van der Waals surface area contributed by atoms with Crippen molar-refractivity contribution in [3.63, 3.8) is 0 Å². The summed E-state index contributed by atoms with van der Waals surface area (Å²) in [5.41, 5.74) is 6.29. The highest BCUT2D eigenvalue weighted by atomic mass is 14.6. The molecule has 0 spiro atoms. The first kappa shape index (κ1) is 14.5. The molecule has 1 atom stereocenters. The topological polar surface area (TPSA) is 0 Å². The minimum atomic E-state index is 0.0663. The quantitative estimate of drug-likeness (QED) is 0.662. The van der Waals surface area contributed by atoms with Crippen LogP contribution >= 0.6 is 0 Å². The van der Waals surface area contributed by atoms with Gasteiger partial charge in [0.25, 0.3) is 0 Å². The van der Waals surface area contributed by atoms with Crippen LogP contribution in [-0.2, 0) is 24.7 Å². The number of rotatable bonds is 4. The van der Waals surface area contributed by atoms with Crippen molar-refractivity contribution < 1.29 is 0 Å². The first-order chi connectivity index (χ1) is 11.2. The van der Waals surface area contributed by atoms with Crippen LogP contribution in [0.15, 0.2) is 73.8 Å². The molecule has 2 aromatic rings. The molecule has 0 aliphatic heterocycles. The van der Waals surface area contributed by atoms with Gasteiger partial charge in [0.2, 0.25) is 0 Å². The fraction of sp³-hybridized carbons (Fsp3) is 0.304. The van der Waals surface area contributed by atoms with Crippen LogP contribution in [0.2, 0.25) is 0 Å². The number of hydrogen-bond acceptors (Lipinski definition) is 0. The molecule has 0 heteroatoms. The van der Waals surface area contributed by atoms with Gasteiger partial charge in [-0.2, -0.15) is 0 Å². The van der Waals surface area contributed by atoms with E-state index in [1.807, 2.05) is 0 Å². The Morgan fingerprint density at radius 1 is 0.870 bits per heavy atom. The third-order valence-electron chi connectivity index (χ3n) is 6.29. The molecule has 0 heterocycles. The van der Waals surface area contributed by atoms with Gasteiger partial charge in [0, 0.05) is 5.41 Å². The van der Waals surface area contributed by atoms with Crippen LogP contribution in [0.4, 0.5) is 0 Å². The molecule has 0 fully saturated rings. The van der Waals surface area contributed by atoms with Crippen LogP contribution < -0.4 is 0 Å². The van der Waals surface area contributed by atoms with Crippen molar-refractivity contribution in [2.75, 3.05) is 0 Å². The van der Waals surface area contributed by atoms with Crippen molar-refractivity contribution in [1.29, 1.82) is 0 Å². The van der Waals surface area contributed by atoms with Gasteiger partial charge in [0.15, 0.2) is 0 Å². The molecule has 4 rings (SSSR count). The second kappa shape index (κ2) is 5.23. The SMILES string of the molecule is C=CCC1(C2(C=C)CCc3ccccc32)Cc2ccccc2C1. The largest absolute Gasteiger partial charge is 0.103 e. The molecule has 0 saturated heterocycles. The Hall–Kier alpha value is -2.08. The maximum absolute atomic E-state index is 4.31. The molecule has 23 heavy (non-hydrogen) atoms. The lowest BCUT2D eigenvalue weighted by Crippen LogP contribution is -2.43. The van der Waals surface area contributed by atoms with E-state index in [0.717, 1.165) is 25.7 Å². The van der Waals surface area contributed by atoms with Crippen LogP contribution in [0.1, 0.15) is 35.1 Å². The van der Waals surface area contributed by atoms with Gasteiger partial charge in [0.1, 0.15) is 0 Å². The molecule has 0 radical (unpaired) electrons. The van der Waals surface area contributed by atoms with E-state index in [9.17, 15) is 0 Å². The predicted molar refractivity (Wildman–Crippen MR) is 97.7 cm³/mol. The Morgan fingerprint density at radius 2 is 1.48 bits per heavy atom. The average Bonchev–Trinajstić information content (AvgIpc) is 3.14. The Bertz CT molecular complexity index is 742. The van der Waals surface area contributed by atoms with Gasteiger partial charge in [-0.3, -0.25) is 0 Å². The summed E-state index contributed by atoms with van der Waals surface area (Å²) >= 11 is 0. The zero-order valence-electron chi connectivity index (χ0n) is 13.7. The van der Waals surface area contributed by atoms with E-state index in [0.29, 0.717) is 0 Å². The Balaban J connectivity index is 1.89. The molecule has 2 aromatic carbocycles. The highest BCUT2D eigenvalue weighted by Crippen LogP contribution is 2.59. The third kappa shape index (κ3) is 1.91. The zero-order valence-corrected chi connectivity index (χ0v) is 13.7. The summed E-state index contributed by atoms with van der Waals surface area (Å²) < 4.78 is 0. The summed E-state index contributed by atoms with van der Waals surface area (Å²) in [4.78, 5) is 0. The Morgan fingerprint density at radius 3 is 2.09 bits per heavy atom. The van der Waals surface area contributed by atoms with E-state index < -0.39 is 0 Å². The number of fused-ring (bicyclic) bond motifs is 2. The lowest BCUT2D eigenvalue weighted by atomic mass is 9.57. The molecule has 0 amide bonds. The fourth-order valence-corrected chi connectivity index (χ4v) is 5.23. The summed E-state index contributed by atoms with van der Waals surface area (Å²) in [7, 11) is 0. The van der Waals surface area contributed by atoms with Crippen LogP contribution in [0.3, 0.4) is 0 Å². The molecule has 2 aliphatic rings. The second-order valence-corrected chi connectivity index (χ2v) is 7.23. The highest BCUT2D eigenvalue weighted by Gasteiger charge is 2.54. The van der Waals surface area contributed by atoms with E-state index in [4.69, 9.17) is 0 Å². The van der Waals surface area contributed by atoms with Gasteiger partial charge in [-0.1, -0.05) is 60.7 Å². The zero-order chi connectivity index (χ0) is 15.9. The predicted octanol–water partition coefficient (Wildman–Crippen LogP) is 5.42. The molecule has 1 unspecified atom stereocenters. The monoisotopic (exact) mass is 300 g/mol. The van der Waals surface area contributed by atoms with Crippen molar-refractivity contribution >= 4 is 0 Å². The summed E-state index contributed by atoms with van der Waals surface area (Å²) in [6.45, 7) is 8.40. The Labute approximate surface area is 139 Å². The van der Waals surface area contributed by atoms with Gasteiger partial charge in [-0.05, 0) is 59.8 Å². The summed E-state index contributed by atoms with van der Waals surface area (Å²) in [5, 5.41) is 0. The number of aryl methyl sites for hydroxylation is 1. The van der Waals surface area contributed by atoms with E-state index in [2.05, 4.69) is 73.8 Å². The maximum Gasteiger partial charge on any atom is 0.0201 e. The smallest absolute Gasteiger partial charge is 0.0201 e. The fourth-order valence-electron chi connectivity index (χ4n) is 5.23. The second-order valence-electron chi connectivity index (χ2n) is 7.23. The first-order valence-corrected chi connectivity index (χ1v) is 8.64. The minimum Gasteiger partial charge on any atom is -0.103 e. The summed E-state index contributed by atoms with van der Waals surface area (Å²) in [6.07, 6.45) is 10.0. The van der Waals surface area contributed by atoms with Crippen LogP contribution in [0, 0.1) is 5.41 Å². The molecule has 0 N–H and O–H groups in total. The number of benzene rings is 2. The summed E-state index contributed by atoms with van der Waals surface area (Å²) in [5.74, 6) is 0. The average molecular weight is 300 g/mol. The normalized spacial score (nSPS) is 24.0. The van der Waals surface area contributed by atoms with Crippen molar-refractivity contribution in [3.05, 3.63) is 96.1 Å². The van der Waals surface area contributed by atoms with Crippen LogP contribution in [0.25, 0.3) is 0 Å².